The highest BCUT2D eigenvalue weighted by Gasteiger charge is 2.61. The van der Waals surface area contributed by atoms with E-state index in [0.29, 0.717) is 11.3 Å². The molecule has 3 heteroatoms. The van der Waals surface area contributed by atoms with Gasteiger partial charge in [0.15, 0.2) is 0 Å². The summed E-state index contributed by atoms with van der Waals surface area (Å²) < 4.78 is 0. The van der Waals surface area contributed by atoms with Crippen LogP contribution >= 0.6 is 0 Å². The molecule has 3 nitrogen and oxygen atoms in total. The third kappa shape index (κ3) is 2.10. The number of nitrogens with one attached hydrogen (secondary N) is 1. The molecule has 2 aliphatic rings. The highest BCUT2D eigenvalue weighted by molar-refractivity contribution is 5.81. The van der Waals surface area contributed by atoms with E-state index in [0.717, 1.165) is 12.8 Å². The number of aliphatic hydroxyl groups is 1. The van der Waals surface area contributed by atoms with E-state index in [1.807, 2.05) is 13.8 Å². The Bertz CT molecular complexity index is 366. The van der Waals surface area contributed by atoms with E-state index in [2.05, 4.69) is 26.1 Å². The van der Waals surface area contributed by atoms with Gasteiger partial charge in [0.2, 0.25) is 5.91 Å². The number of hydrogen-bond donors (Lipinski definition) is 2. The fourth-order valence-electron chi connectivity index (χ4n) is 4.16. The third-order valence-electron chi connectivity index (χ3n) is 6.56. The molecule has 0 aliphatic heterocycles. The van der Waals surface area contributed by atoms with Crippen LogP contribution in [0.4, 0.5) is 0 Å². The van der Waals surface area contributed by atoms with Crippen LogP contribution in [-0.4, -0.2) is 23.2 Å². The van der Waals surface area contributed by atoms with E-state index in [-0.39, 0.29) is 23.3 Å². The molecule has 0 radical (unpaired) electrons. The van der Waals surface area contributed by atoms with Crippen LogP contribution in [0.2, 0.25) is 0 Å². The van der Waals surface area contributed by atoms with Gasteiger partial charge in [-0.1, -0.05) is 41.0 Å². The molecular formula is C16H29NO2. The molecule has 110 valence electrons. The second-order valence-electron chi connectivity index (χ2n) is 7.50. The predicted molar refractivity (Wildman–Crippen MR) is 76.6 cm³/mol. The largest absolute Gasteiger partial charge is 0.383 e. The summed E-state index contributed by atoms with van der Waals surface area (Å²) in [4.78, 5) is 12.2. The lowest BCUT2D eigenvalue weighted by Gasteiger charge is -2.39. The molecule has 0 spiro atoms. The molecular weight excluding hydrogens is 238 g/mol. The molecule has 0 saturated heterocycles. The molecule has 1 amide bonds. The van der Waals surface area contributed by atoms with Crippen LogP contribution in [0.3, 0.4) is 0 Å². The maximum Gasteiger partial charge on any atom is 0.249 e. The van der Waals surface area contributed by atoms with E-state index in [4.69, 9.17) is 0 Å². The summed E-state index contributed by atoms with van der Waals surface area (Å²) in [5, 5.41) is 13.2. The summed E-state index contributed by atoms with van der Waals surface area (Å²) in [7, 11) is 0. The average molecular weight is 267 g/mol. The normalized spacial score (nSPS) is 39.1. The third-order valence-corrected chi connectivity index (χ3v) is 6.56. The lowest BCUT2D eigenvalue weighted by Crippen LogP contribution is -2.50. The van der Waals surface area contributed by atoms with Crippen molar-refractivity contribution in [2.75, 3.05) is 0 Å². The number of rotatable bonds is 4. The van der Waals surface area contributed by atoms with Gasteiger partial charge in [-0.2, -0.15) is 0 Å². The maximum absolute atomic E-state index is 12.2. The Morgan fingerprint density at radius 3 is 2.47 bits per heavy atom. The number of carbonyl (C=O) groups excluding carboxylic acids is 1. The lowest BCUT2D eigenvalue weighted by molar-refractivity contribution is -0.133. The van der Waals surface area contributed by atoms with Gasteiger partial charge in [0, 0.05) is 6.04 Å². The molecule has 3 unspecified atom stereocenters. The SMILES string of the molecule is CC[C@H](C)[C@H](O)C(=O)NC1CC2CCC1(C)C2(C)C. The molecule has 2 rings (SSSR count). The van der Waals surface area contributed by atoms with Crippen LogP contribution in [0, 0.1) is 22.7 Å². The summed E-state index contributed by atoms with van der Waals surface area (Å²) in [6, 6.07) is 0.229. The van der Waals surface area contributed by atoms with Gasteiger partial charge >= 0.3 is 0 Å². The second-order valence-corrected chi connectivity index (χ2v) is 7.50. The summed E-state index contributed by atoms with van der Waals surface area (Å²) in [5.74, 6) is 0.562. The molecule has 2 N–H and O–H groups in total. The quantitative estimate of drug-likeness (QED) is 0.823. The van der Waals surface area contributed by atoms with E-state index in [1.165, 1.54) is 12.8 Å². The minimum Gasteiger partial charge on any atom is -0.383 e. The van der Waals surface area contributed by atoms with Gasteiger partial charge in [-0.3, -0.25) is 4.79 Å². The van der Waals surface area contributed by atoms with Crippen LogP contribution < -0.4 is 5.32 Å². The van der Waals surface area contributed by atoms with Crippen LogP contribution in [0.15, 0.2) is 0 Å². The summed E-state index contributed by atoms with van der Waals surface area (Å²) >= 11 is 0. The van der Waals surface area contributed by atoms with E-state index < -0.39 is 6.10 Å². The van der Waals surface area contributed by atoms with Crippen molar-refractivity contribution >= 4 is 5.91 Å². The first-order chi connectivity index (χ1) is 8.74. The Balaban J connectivity index is 2.04. The first kappa shape index (κ1) is 14.8. The van der Waals surface area contributed by atoms with Gasteiger partial charge in [-0.25, -0.2) is 0 Å². The molecule has 2 aliphatic carbocycles. The number of hydrogen-bond acceptors (Lipinski definition) is 2. The first-order valence-electron chi connectivity index (χ1n) is 7.72. The van der Waals surface area contributed by atoms with Gasteiger partial charge in [0.25, 0.3) is 0 Å². The first-order valence-corrected chi connectivity index (χ1v) is 7.72. The smallest absolute Gasteiger partial charge is 0.249 e. The van der Waals surface area contributed by atoms with Gasteiger partial charge < -0.3 is 10.4 Å². The van der Waals surface area contributed by atoms with Crippen LogP contribution in [0.1, 0.15) is 60.3 Å². The summed E-state index contributed by atoms with van der Waals surface area (Å²) in [6.07, 6.45) is 3.50. The zero-order valence-electron chi connectivity index (χ0n) is 13.0. The number of aliphatic hydroxyl groups excluding tert-OH is 1. The van der Waals surface area contributed by atoms with E-state index in [9.17, 15) is 9.90 Å². The van der Waals surface area contributed by atoms with Crippen molar-refractivity contribution in [3.8, 4) is 0 Å². The van der Waals surface area contributed by atoms with Crippen LogP contribution in [-0.2, 0) is 4.79 Å². The highest BCUT2D eigenvalue weighted by atomic mass is 16.3. The molecule has 2 bridgehead atoms. The molecule has 5 atom stereocenters. The van der Waals surface area contributed by atoms with Crippen molar-refractivity contribution in [2.45, 2.75) is 72.4 Å². The van der Waals surface area contributed by atoms with E-state index >= 15 is 0 Å². The Kier molecular flexibility index (Phi) is 3.72. The highest BCUT2D eigenvalue weighted by Crippen LogP contribution is 2.65. The standard InChI is InChI=1S/C16H29NO2/c1-6-10(2)13(18)14(19)17-12-9-11-7-8-16(12,5)15(11,3)4/h10-13,18H,6-9H2,1-5H3,(H,17,19)/t10-,11?,12?,13-,16?/m0/s1. The molecule has 0 aromatic rings. The van der Waals surface area contributed by atoms with Crippen molar-refractivity contribution in [3.63, 3.8) is 0 Å². The summed E-state index contributed by atoms with van der Waals surface area (Å²) in [6.45, 7) is 10.9. The number of amides is 1. The van der Waals surface area contributed by atoms with Crippen molar-refractivity contribution < 1.29 is 9.90 Å². The van der Waals surface area contributed by atoms with Gasteiger partial charge in [0.1, 0.15) is 6.10 Å². The number of carbonyl (C=O) groups is 1. The fraction of sp³-hybridized carbons (Fsp3) is 0.938. The molecule has 0 heterocycles. The van der Waals surface area contributed by atoms with Crippen LogP contribution in [0.5, 0.6) is 0 Å². The molecule has 0 aromatic carbocycles. The summed E-state index contributed by atoms with van der Waals surface area (Å²) in [5.41, 5.74) is 0.481. The Labute approximate surface area is 117 Å². The Morgan fingerprint density at radius 2 is 2.05 bits per heavy atom. The predicted octanol–water partition coefficient (Wildman–Crippen LogP) is 2.72. The Hall–Kier alpha value is -0.570. The Morgan fingerprint density at radius 1 is 1.42 bits per heavy atom. The van der Waals surface area contributed by atoms with Gasteiger partial charge in [-0.15, -0.1) is 0 Å². The lowest BCUT2D eigenvalue weighted by atomic mass is 9.69. The molecule has 2 saturated carbocycles. The zero-order chi connectivity index (χ0) is 14.4. The van der Waals surface area contributed by atoms with Crippen molar-refractivity contribution in [1.29, 1.82) is 0 Å². The van der Waals surface area contributed by atoms with Crippen molar-refractivity contribution in [1.82, 2.24) is 5.32 Å². The van der Waals surface area contributed by atoms with Crippen molar-refractivity contribution in [2.24, 2.45) is 22.7 Å². The molecule has 19 heavy (non-hydrogen) atoms. The minimum atomic E-state index is -0.865. The topological polar surface area (TPSA) is 49.3 Å². The average Bonchev–Trinajstić information content (AvgIpc) is 2.69. The van der Waals surface area contributed by atoms with Crippen LogP contribution in [0.25, 0.3) is 0 Å². The molecule has 0 aromatic heterocycles. The monoisotopic (exact) mass is 267 g/mol. The number of fused-ring (bicyclic) bond motifs is 2. The maximum atomic E-state index is 12.2. The van der Waals surface area contributed by atoms with Gasteiger partial charge in [0.05, 0.1) is 0 Å². The second kappa shape index (κ2) is 4.76. The van der Waals surface area contributed by atoms with Gasteiger partial charge in [-0.05, 0) is 41.9 Å². The van der Waals surface area contributed by atoms with Crippen molar-refractivity contribution in [3.05, 3.63) is 0 Å². The van der Waals surface area contributed by atoms with E-state index in [1.54, 1.807) is 0 Å². The molecule has 2 fully saturated rings. The zero-order valence-corrected chi connectivity index (χ0v) is 13.0. The fourth-order valence-corrected chi connectivity index (χ4v) is 4.16. The minimum absolute atomic E-state index is 0.0272.